The lowest BCUT2D eigenvalue weighted by atomic mass is 10.2. The number of phenols is 1. The average Bonchev–Trinajstić information content (AvgIpc) is 3.13. The zero-order valence-corrected chi connectivity index (χ0v) is 16.4. The Morgan fingerprint density at radius 2 is 1.48 bits per heavy atom. The maximum atomic E-state index is 9.43. The molecule has 2 N–H and O–H groups in total. The second-order valence-corrected chi connectivity index (χ2v) is 8.17. The molecule has 1 aromatic heterocycles. The molecular formula is C20H21ClN4OS. The lowest BCUT2D eigenvalue weighted by molar-refractivity contribution is 0.475. The molecule has 140 valence electrons. The van der Waals surface area contributed by atoms with Gasteiger partial charge in [0.1, 0.15) is 5.75 Å². The van der Waals surface area contributed by atoms with Crippen LogP contribution in [-0.2, 0) is 6.54 Å². The third-order valence-electron chi connectivity index (χ3n) is 4.72. The molecule has 7 heteroatoms. The number of nitrogens with one attached hydrogen (secondary N) is 1. The van der Waals surface area contributed by atoms with E-state index in [1.165, 1.54) is 17.0 Å². The standard InChI is InChI=1S/C20H21ClN4OS/c21-20-23-14-19(27-20)13-22-15-1-3-16(4-2-15)24-9-11-25(12-10-24)17-5-7-18(26)8-6-17/h1-8,14,22,26H,9-13H2. The Morgan fingerprint density at radius 1 is 0.926 bits per heavy atom. The number of anilines is 3. The molecule has 0 radical (unpaired) electrons. The van der Waals surface area contributed by atoms with Crippen molar-refractivity contribution in [2.75, 3.05) is 41.3 Å². The first-order valence-electron chi connectivity index (χ1n) is 8.90. The molecule has 1 aliphatic heterocycles. The molecule has 0 bridgehead atoms. The van der Waals surface area contributed by atoms with Gasteiger partial charge in [-0.3, -0.25) is 0 Å². The average molecular weight is 401 g/mol. The van der Waals surface area contributed by atoms with Crippen LogP contribution in [0.3, 0.4) is 0 Å². The Morgan fingerprint density at radius 3 is 2.00 bits per heavy atom. The molecule has 1 aliphatic rings. The molecule has 4 rings (SSSR count). The van der Waals surface area contributed by atoms with E-state index in [1.807, 2.05) is 18.3 Å². The molecule has 5 nitrogen and oxygen atoms in total. The third-order valence-corrected chi connectivity index (χ3v) is 5.83. The maximum absolute atomic E-state index is 9.43. The first kappa shape index (κ1) is 17.9. The summed E-state index contributed by atoms with van der Waals surface area (Å²) in [5, 5.41) is 12.8. The summed E-state index contributed by atoms with van der Waals surface area (Å²) in [4.78, 5) is 9.94. The fourth-order valence-corrected chi connectivity index (χ4v) is 4.15. The van der Waals surface area contributed by atoms with Gasteiger partial charge in [-0.05, 0) is 48.5 Å². The van der Waals surface area contributed by atoms with E-state index in [1.54, 1.807) is 12.1 Å². The number of hydrogen-bond donors (Lipinski definition) is 2. The lowest BCUT2D eigenvalue weighted by Gasteiger charge is -2.37. The van der Waals surface area contributed by atoms with E-state index in [4.69, 9.17) is 11.6 Å². The maximum Gasteiger partial charge on any atom is 0.183 e. The van der Waals surface area contributed by atoms with Gasteiger partial charge >= 0.3 is 0 Å². The smallest absolute Gasteiger partial charge is 0.183 e. The van der Waals surface area contributed by atoms with Crippen molar-refractivity contribution in [1.82, 2.24) is 4.98 Å². The van der Waals surface area contributed by atoms with Gasteiger partial charge in [-0.1, -0.05) is 11.6 Å². The highest BCUT2D eigenvalue weighted by atomic mass is 35.5. The molecule has 3 aromatic rings. The molecule has 1 fully saturated rings. The number of phenolic OH excluding ortho intramolecular Hbond substituents is 1. The van der Waals surface area contributed by atoms with E-state index in [0.717, 1.165) is 49.0 Å². The van der Waals surface area contributed by atoms with Gasteiger partial charge in [-0.25, -0.2) is 4.98 Å². The number of aromatic hydroxyl groups is 1. The Labute approximate surface area is 167 Å². The van der Waals surface area contributed by atoms with Crippen molar-refractivity contribution in [2.24, 2.45) is 0 Å². The molecule has 1 saturated heterocycles. The van der Waals surface area contributed by atoms with E-state index < -0.39 is 0 Å². The summed E-state index contributed by atoms with van der Waals surface area (Å²) >= 11 is 7.36. The first-order valence-corrected chi connectivity index (χ1v) is 10.1. The van der Waals surface area contributed by atoms with E-state index in [2.05, 4.69) is 44.4 Å². The minimum atomic E-state index is 0.310. The summed E-state index contributed by atoms with van der Waals surface area (Å²) in [7, 11) is 0. The van der Waals surface area contributed by atoms with Crippen LogP contribution >= 0.6 is 22.9 Å². The number of rotatable bonds is 5. The van der Waals surface area contributed by atoms with Gasteiger partial charge in [0.05, 0.1) is 6.54 Å². The van der Waals surface area contributed by atoms with Crippen LogP contribution in [0.5, 0.6) is 5.75 Å². The molecule has 0 saturated carbocycles. The molecule has 0 unspecified atom stereocenters. The topological polar surface area (TPSA) is 51.6 Å². The number of thiazole rings is 1. The number of piperazine rings is 1. The van der Waals surface area contributed by atoms with Crippen molar-refractivity contribution in [3.63, 3.8) is 0 Å². The van der Waals surface area contributed by atoms with Gasteiger partial charge in [0.2, 0.25) is 0 Å². The monoisotopic (exact) mass is 400 g/mol. The Bertz CT molecular complexity index is 874. The summed E-state index contributed by atoms with van der Waals surface area (Å²) in [6.45, 7) is 4.63. The van der Waals surface area contributed by atoms with Crippen LogP contribution < -0.4 is 15.1 Å². The van der Waals surface area contributed by atoms with Crippen LogP contribution in [0.2, 0.25) is 4.47 Å². The second-order valence-electron chi connectivity index (χ2n) is 6.47. The third kappa shape index (κ3) is 4.46. The van der Waals surface area contributed by atoms with E-state index in [0.29, 0.717) is 10.2 Å². The van der Waals surface area contributed by atoms with Gasteiger partial charge in [-0.15, -0.1) is 11.3 Å². The van der Waals surface area contributed by atoms with Gasteiger partial charge in [0.15, 0.2) is 4.47 Å². The van der Waals surface area contributed by atoms with Crippen LogP contribution in [0.15, 0.2) is 54.7 Å². The highest BCUT2D eigenvalue weighted by Gasteiger charge is 2.17. The number of hydrogen-bond acceptors (Lipinski definition) is 6. The van der Waals surface area contributed by atoms with Crippen LogP contribution in [0.1, 0.15) is 4.88 Å². The Balaban J connectivity index is 1.31. The molecule has 0 aliphatic carbocycles. The minimum absolute atomic E-state index is 0.310. The predicted molar refractivity (Wildman–Crippen MR) is 113 cm³/mol. The summed E-state index contributed by atoms with van der Waals surface area (Å²) in [5.41, 5.74) is 3.49. The van der Waals surface area contributed by atoms with Crippen LogP contribution in [0, 0.1) is 0 Å². The molecule has 0 atom stereocenters. The van der Waals surface area contributed by atoms with Crippen molar-refractivity contribution >= 4 is 40.0 Å². The molecule has 2 aromatic carbocycles. The summed E-state index contributed by atoms with van der Waals surface area (Å²) in [6, 6.07) is 16.0. The molecule has 27 heavy (non-hydrogen) atoms. The quantitative estimate of drug-likeness (QED) is 0.663. The van der Waals surface area contributed by atoms with Crippen LogP contribution in [-0.4, -0.2) is 36.3 Å². The fraction of sp³-hybridized carbons (Fsp3) is 0.250. The van der Waals surface area contributed by atoms with Crippen molar-refractivity contribution in [3.8, 4) is 5.75 Å². The lowest BCUT2D eigenvalue weighted by Crippen LogP contribution is -2.46. The zero-order valence-electron chi connectivity index (χ0n) is 14.8. The summed E-state index contributed by atoms with van der Waals surface area (Å²) in [5.74, 6) is 0.310. The number of nitrogens with zero attached hydrogens (tertiary/aromatic N) is 3. The SMILES string of the molecule is Oc1ccc(N2CCN(c3ccc(NCc4cnc(Cl)s4)cc3)CC2)cc1. The van der Waals surface area contributed by atoms with Crippen LogP contribution in [0.4, 0.5) is 17.1 Å². The van der Waals surface area contributed by atoms with Crippen molar-refractivity contribution in [1.29, 1.82) is 0 Å². The molecular weight excluding hydrogens is 380 g/mol. The van der Waals surface area contributed by atoms with Gasteiger partial charge < -0.3 is 20.2 Å². The van der Waals surface area contributed by atoms with Gasteiger partial charge in [0, 0.05) is 54.3 Å². The van der Waals surface area contributed by atoms with Crippen molar-refractivity contribution in [2.45, 2.75) is 6.54 Å². The highest BCUT2D eigenvalue weighted by Crippen LogP contribution is 2.24. The summed E-state index contributed by atoms with van der Waals surface area (Å²) < 4.78 is 0.577. The van der Waals surface area contributed by atoms with Gasteiger partial charge in [-0.2, -0.15) is 0 Å². The largest absolute Gasteiger partial charge is 0.508 e. The highest BCUT2D eigenvalue weighted by molar-refractivity contribution is 7.15. The predicted octanol–water partition coefficient (Wildman–Crippen LogP) is 4.44. The Hall–Kier alpha value is -2.44. The van der Waals surface area contributed by atoms with E-state index >= 15 is 0 Å². The minimum Gasteiger partial charge on any atom is -0.508 e. The summed E-state index contributed by atoms with van der Waals surface area (Å²) in [6.07, 6.45) is 1.81. The van der Waals surface area contributed by atoms with Crippen LogP contribution in [0.25, 0.3) is 0 Å². The van der Waals surface area contributed by atoms with E-state index in [-0.39, 0.29) is 0 Å². The zero-order chi connectivity index (χ0) is 18.6. The number of aromatic nitrogens is 1. The number of halogens is 1. The first-order chi connectivity index (χ1) is 13.2. The molecule has 2 heterocycles. The fourth-order valence-electron chi connectivity index (χ4n) is 3.23. The van der Waals surface area contributed by atoms with Crippen molar-refractivity contribution in [3.05, 3.63) is 64.1 Å². The van der Waals surface area contributed by atoms with Gasteiger partial charge in [0.25, 0.3) is 0 Å². The van der Waals surface area contributed by atoms with Crippen molar-refractivity contribution < 1.29 is 5.11 Å². The Kier molecular flexibility index (Phi) is 5.36. The normalized spacial score (nSPS) is 14.4. The number of benzene rings is 2. The molecule has 0 amide bonds. The van der Waals surface area contributed by atoms with E-state index in [9.17, 15) is 5.11 Å². The second kappa shape index (κ2) is 8.06. The molecule has 0 spiro atoms.